The minimum absolute atomic E-state index is 0. The summed E-state index contributed by atoms with van der Waals surface area (Å²) in [4.78, 5) is 0. The minimum Gasteiger partial charge on any atom is -0.264 e. The molecule has 0 aromatic rings. The third-order valence-corrected chi connectivity index (χ3v) is 0. The molecule has 0 bridgehead atoms. The molecule has 7 heavy (non-hydrogen) atoms. The Morgan fingerprint density at radius 2 is 1.14 bits per heavy atom. The van der Waals surface area contributed by atoms with E-state index in [0.29, 0.717) is 0 Å². The Balaban J connectivity index is -0.0000000800. The normalized spacial score (nSPS) is 8.29. The number of hydrogen-bond acceptors (Lipinski definition) is 2. The summed E-state index contributed by atoms with van der Waals surface area (Å²) < 4.78 is 31.6. The molecule has 1 radical (unpaired) electrons. The fourth-order valence-electron chi connectivity index (χ4n) is 0. The van der Waals surface area contributed by atoms with E-state index in [2.05, 4.69) is 0 Å². The van der Waals surface area contributed by atoms with Crippen LogP contribution < -0.4 is 0 Å². The molecule has 7 heteroatoms. The van der Waals surface area contributed by atoms with Crippen LogP contribution in [0, 0.1) is 0 Å². The molecule has 0 aliphatic rings. The zero-order valence-electron chi connectivity index (χ0n) is 2.83. The molecule has 0 aromatic carbocycles. The molecule has 0 spiro atoms. The number of rotatable bonds is 0. The zero-order valence-corrected chi connectivity index (χ0v) is 6.30. The summed E-state index contributed by atoms with van der Waals surface area (Å²) in [5, 5.41) is 0. The maximum atomic E-state index is 8.74. The van der Waals surface area contributed by atoms with Gasteiger partial charge in [0.2, 0.25) is 0 Å². The van der Waals surface area contributed by atoms with Crippen molar-refractivity contribution >= 4 is 27.4 Å². The first-order valence-corrected chi connectivity index (χ1v) is 2.10. The van der Waals surface area contributed by atoms with E-state index >= 15 is 0 Å². The van der Waals surface area contributed by atoms with Crippen molar-refractivity contribution in [3.8, 4) is 0 Å². The zero-order chi connectivity index (χ0) is 4.50. The van der Waals surface area contributed by atoms with Gasteiger partial charge in [-0.25, -0.2) is 0 Å². The van der Waals surface area contributed by atoms with E-state index in [9.17, 15) is 0 Å². The quantitative estimate of drug-likeness (QED) is 0.460. The standard InChI is InChI=1S/BrH.Cu.H2O4S/c;;1-5(2,3)4/h1H;;(H2,1,2,3,4). The fraction of sp³-hybridized carbons (Fsp3) is 0. The van der Waals surface area contributed by atoms with Crippen molar-refractivity contribution in [2.24, 2.45) is 0 Å². The van der Waals surface area contributed by atoms with Crippen molar-refractivity contribution in [3.63, 3.8) is 0 Å². The molecule has 51 valence electrons. The van der Waals surface area contributed by atoms with Crippen LogP contribution in [-0.2, 0) is 27.5 Å². The maximum Gasteiger partial charge on any atom is 0.394 e. The maximum absolute atomic E-state index is 8.74. The Hall–Kier alpha value is 0.869. The van der Waals surface area contributed by atoms with Gasteiger partial charge in [-0.3, -0.25) is 9.11 Å². The van der Waals surface area contributed by atoms with Crippen LogP contribution in [0.1, 0.15) is 0 Å². The van der Waals surface area contributed by atoms with Crippen molar-refractivity contribution in [2.75, 3.05) is 0 Å². The second-order valence-electron chi connectivity index (χ2n) is 0.448. The Morgan fingerprint density at radius 1 is 1.14 bits per heavy atom. The summed E-state index contributed by atoms with van der Waals surface area (Å²) in [6.07, 6.45) is 0. The van der Waals surface area contributed by atoms with E-state index in [1.54, 1.807) is 0 Å². The van der Waals surface area contributed by atoms with Gasteiger partial charge < -0.3 is 0 Å². The van der Waals surface area contributed by atoms with Crippen molar-refractivity contribution in [3.05, 3.63) is 0 Å². The van der Waals surface area contributed by atoms with E-state index in [4.69, 9.17) is 17.5 Å². The van der Waals surface area contributed by atoms with Gasteiger partial charge in [-0.1, -0.05) is 0 Å². The Kier molecular flexibility index (Phi) is 11.2. The molecule has 0 aromatic heterocycles. The van der Waals surface area contributed by atoms with E-state index in [0.717, 1.165) is 0 Å². The molecule has 0 saturated heterocycles. The predicted molar refractivity (Wildman–Crippen MR) is 24.5 cm³/mol. The second kappa shape index (κ2) is 5.02. The Morgan fingerprint density at radius 3 is 1.14 bits per heavy atom. The van der Waals surface area contributed by atoms with E-state index < -0.39 is 10.4 Å². The average Bonchev–Trinajstić information content (AvgIpc) is 0.722. The molecule has 0 fully saturated rings. The topological polar surface area (TPSA) is 74.6 Å². The molecule has 0 rings (SSSR count). The first-order chi connectivity index (χ1) is 2.00. The summed E-state index contributed by atoms with van der Waals surface area (Å²) in [7, 11) is -4.67. The van der Waals surface area contributed by atoms with Crippen LogP contribution >= 0.6 is 17.0 Å². The van der Waals surface area contributed by atoms with E-state index in [1.807, 2.05) is 0 Å². The van der Waals surface area contributed by atoms with Crippen LogP contribution in [0.3, 0.4) is 0 Å². The molecular weight excluding hydrogens is 240 g/mol. The third-order valence-electron chi connectivity index (χ3n) is 0. The fourth-order valence-corrected chi connectivity index (χ4v) is 0. The first-order valence-electron chi connectivity index (χ1n) is 0.698. The summed E-state index contributed by atoms with van der Waals surface area (Å²) in [6, 6.07) is 0. The molecule has 0 aliphatic heterocycles. The van der Waals surface area contributed by atoms with Gasteiger partial charge in [-0.15, -0.1) is 17.0 Å². The van der Waals surface area contributed by atoms with Gasteiger partial charge in [0.25, 0.3) is 0 Å². The van der Waals surface area contributed by atoms with Crippen LogP contribution in [0.4, 0.5) is 0 Å². The van der Waals surface area contributed by atoms with Crippen molar-refractivity contribution < 1.29 is 34.6 Å². The summed E-state index contributed by atoms with van der Waals surface area (Å²) in [6.45, 7) is 0. The van der Waals surface area contributed by atoms with Gasteiger partial charge >= 0.3 is 10.4 Å². The number of halogens is 1. The molecule has 0 saturated carbocycles. The molecule has 4 nitrogen and oxygen atoms in total. The van der Waals surface area contributed by atoms with Crippen molar-refractivity contribution in [1.29, 1.82) is 0 Å². The van der Waals surface area contributed by atoms with Crippen molar-refractivity contribution in [2.45, 2.75) is 0 Å². The van der Waals surface area contributed by atoms with Crippen LogP contribution in [-0.4, -0.2) is 17.5 Å². The summed E-state index contributed by atoms with van der Waals surface area (Å²) >= 11 is 0. The Labute approximate surface area is 62.1 Å². The van der Waals surface area contributed by atoms with Crippen LogP contribution in [0.5, 0.6) is 0 Å². The largest absolute Gasteiger partial charge is 0.394 e. The molecule has 0 heterocycles. The van der Waals surface area contributed by atoms with Gasteiger partial charge in [0, 0.05) is 17.1 Å². The number of hydrogen-bond donors (Lipinski definition) is 2. The van der Waals surface area contributed by atoms with Gasteiger partial charge in [0.1, 0.15) is 0 Å². The van der Waals surface area contributed by atoms with Gasteiger partial charge in [-0.05, 0) is 0 Å². The third kappa shape index (κ3) is 215. The second-order valence-corrected chi connectivity index (χ2v) is 1.34. The SMILES string of the molecule is Br.O=S(=O)(O)O.[Cu]. The van der Waals surface area contributed by atoms with Crippen LogP contribution in [0.25, 0.3) is 0 Å². The first kappa shape index (κ1) is 15.7. The van der Waals surface area contributed by atoms with E-state index in [1.165, 1.54) is 0 Å². The molecule has 0 unspecified atom stereocenters. The monoisotopic (exact) mass is 241 g/mol. The Bertz CT molecular complexity index is 94.9. The summed E-state index contributed by atoms with van der Waals surface area (Å²) in [5.74, 6) is 0. The molecular formula is H3BrCuO4S. The molecule has 0 amide bonds. The van der Waals surface area contributed by atoms with Crippen LogP contribution in [0.15, 0.2) is 0 Å². The summed E-state index contributed by atoms with van der Waals surface area (Å²) in [5.41, 5.74) is 0. The van der Waals surface area contributed by atoms with Crippen molar-refractivity contribution in [1.82, 2.24) is 0 Å². The minimum atomic E-state index is -4.67. The smallest absolute Gasteiger partial charge is 0.264 e. The predicted octanol–water partition coefficient (Wildman–Crippen LogP) is -0.0774. The van der Waals surface area contributed by atoms with Crippen LogP contribution in [0.2, 0.25) is 0 Å². The molecule has 0 atom stereocenters. The van der Waals surface area contributed by atoms with Gasteiger partial charge in [0.15, 0.2) is 0 Å². The van der Waals surface area contributed by atoms with E-state index in [-0.39, 0.29) is 34.1 Å². The average molecular weight is 243 g/mol. The van der Waals surface area contributed by atoms with Gasteiger partial charge in [0.05, 0.1) is 0 Å². The molecule has 0 aliphatic carbocycles. The molecule has 2 N–H and O–H groups in total. The van der Waals surface area contributed by atoms with Gasteiger partial charge in [-0.2, -0.15) is 8.42 Å².